The number of nitrogens with one attached hydrogen (secondary N) is 1. The van der Waals surface area contributed by atoms with Gasteiger partial charge in [0.15, 0.2) is 0 Å². The Kier molecular flexibility index (Phi) is 10.6. The van der Waals surface area contributed by atoms with E-state index in [1.165, 1.54) is 12.8 Å². The molecule has 2 N–H and O–H groups in total. The largest absolute Gasteiger partial charge is 0.395 e. The molecule has 19 heavy (non-hydrogen) atoms. The highest BCUT2D eigenvalue weighted by Gasteiger charge is 2.25. The van der Waals surface area contributed by atoms with Crippen LogP contribution in [0, 0.1) is 11.3 Å². The van der Waals surface area contributed by atoms with Crippen LogP contribution >= 0.6 is 0 Å². The third-order valence-corrected chi connectivity index (χ3v) is 3.52. The first-order valence-corrected chi connectivity index (χ1v) is 8.01. The minimum atomic E-state index is 0.266. The first-order chi connectivity index (χ1) is 8.97. The Morgan fingerprint density at radius 1 is 1.16 bits per heavy atom. The molecule has 0 aliphatic rings. The number of hydrogen-bond acceptors (Lipinski definition) is 3. The van der Waals surface area contributed by atoms with E-state index in [0.29, 0.717) is 11.3 Å². The molecule has 0 bridgehead atoms. The first kappa shape index (κ1) is 18.9. The van der Waals surface area contributed by atoms with Gasteiger partial charge in [0.2, 0.25) is 0 Å². The molecule has 3 heteroatoms. The second-order valence-electron chi connectivity index (χ2n) is 6.59. The highest BCUT2D eigenvalue weighted by Crippen LogP contribution is 2.24. The Bertz CT molecular complexity index is 203. The van der Waals surface area contributed by atoms with Gasteiger partial charge in [0.05, 0.1) is 6.61 Å². The summed E-state index contributed by atoms with van der Waals surface area (Å²) in [6.07, 6.45) is 3.62. The van der Waals surface area contributed by atoms with Crippen molar-refractivity contribution >= 4 is 0 Å². The molecular formula is C16H36N2O. The van der Waals surface area contributed by atoms with Crippen LogP contribution in [0.5, 0.6) is 0 Å². The summed E-state index contributed by atoms with van der Waals surface area (Å²) in [6, 6.07) is 0. The summed E-state index contributed by atoms with van der Waals surface area (Å²) in [5.41, 5.74) is 0.313. The third kappa shape index (κ3) is 9.42. The van der Waals surface area contributed by atoms with Crippen molar-refractivity contribution in [2.75, 3.05) is 39.3 Å². The molecule has 0 aliphatic carbocycles. The summed E-state index contributed by atoms with van der Waals surface area (Å²) in [6.45, 7) is 16.7. The SMILES string of the molecule is CCCN(CCO)CC(C)(CCC)CNCC(C)C. The Labute approximate surface area is 120 Å². The molecule has 0 saturated heterocycles. The lowest BCUT2D eigenvalue weighted by Crippen LogP contribution is -2.44. The highest BCUT2D eigenvalue weighted by atomic mass is 16.3. The Morgan fingerprint density at radius 3 is 2.32 bits per heavy atom. The zero-order valence-electron chi connectivity index (χ0n) is 13.8. The minimum Gasteiger partial charge on any atom is -0.395 e. The Hall–Kier alpha value is -0.120. The van der Waals surface area contributed by atoms with Crippen LogP contribution < -0.4 is 5.32 Å². The zero-order valence-corrected chi connectivity index (χ0v) is 13.8. The minimum absolute atomic E-state index is 0.266. The van der Waals surface area contributed by atoms with Gasteiger partial charge in [0, 0.05) is 19.6 Å². The second kappa shape index (κ2) is 10.6. The predicted molar refractivity (Wildman–Crippen MR) is 84.5 cm³/mol. The maximum absolute atomic E-state index is 9.18. The number of hydrogen-bond donors (Lipinski definition) is 2. The van der Waals surface area contributed by atoms with Crippen LogP contribution in [0.1, 0.15) is 53.9 Å². The lowest BCUT2D eigenvalue weighted by molar-refractivity contribution is 0.124. The first-order valence-electron chi connectivity index (χ1n) is 8.01. The van der Waals surface area contributed by atoms with Crippen LogP contribution in [0.3, 0.4) is 0 Å². The van der Waals surface area contributed by atoms with Gasteiger partial charge in [-0.2, -0.15) is 0 Å². The monoisotopic (exact) mass is 272 g/mol. The van der Waals surface area contributed by atoms with Crippen LogP contribution in [0.2, 0.25) is 0 Å². The number of aliphatic hydroxyl groups is 1. The lowest BCUT2D eigenvalue weighted by atomic mass is 9.84. The summed E-state index contributed by atoms with van der Waals surface area (Å²) >= 11 is 0. The summed E-state index contributed by atoms with van der Waals surface area (Å²) < 4.78 is 0. The zero-order chi connectivity index (χ0) is 14.7. The molecular weight excluding hydrogens is 236 g/mol. The maximum Gasteiger partial charge on any atom is 0.0558 e. The lowest BCUT2D eigenvalue weighted by Gasteiger charge is -2.36. The van der Waals surface area contributed by atoms with Crippen molar-refractivity contribution in [1.82, 2.24) is 10.2 Å². The summed E-state index contributed by atoms with van der Waals surface area (Å²) in [5.74, 6) is 0.704. The molecule has 3 nitrogen and oxygen atoms in total. The van der Waals surface area contributed by atoms with Gasteiger partial charge in [-0.25, -0.2) is 0 Å². The molecule has 0 aromatic carbocycles. The molecule has 0 radical (unpaired) electrons. The van der Waals surface area contributed by atoms with Gasteiger partial charge in [-0.05, 0) is 37.3 Å². The quantitative estimate of drug-likeness (QED) is 0.573. The van der Waals surface area contributed by atoms with E-state index in [-0.39, 0.29) is 6.61 Å². The van der Waals surface area contributed by atoms with Gasteiger partial charge in [-0.3, -0.25) is 0 Å². The summed E-state index contributed by atoms with van der Waals surface area (Å²) in [5, 5.41) is 12.8. The molecule has 0 spiro atoms. The maximum atomic E-state index is 9.18. The molecule has 1 atom stereocenters. The van der Waals surface area contributed by atoms with Crippen molar-refractivity contribution in [3.63, 3.8) is 0 Å². The van der Waals surface area contributed by atoms with Crippen molar-refractivity contribution in [2.24, 2.45) is 11.3 Å². The van der Waals surface area contributed by atoms with Crippen molar-refractivity contribution in [1.29, 1.82) is 0 Å². The van der Waals surface area contributed by atoms with Crippen molar-refractivity contribution in [3.05, 3.63) is 0 Å². The van der Waals surface area contributed by atoms with E-state index in [9.17, 15) is 5.11 Å². The van der Waals surface area contributed by atoms with Crippen LogP contribution in [0.15, 0.2) is 0 Å². The van der Waals surface area contributed by atoms with Crippen molar-refractivity contribution < 1.29 is 5.11 Å². The molecule has 1 unspecified atom stereocenters. The van der Waals surface area contributed by atoms with Gasteiger partial charge in [-0.15, -0.1) is 0 Å². The van der Waals surface area contributed by atoms with E-state index >= 15 is 0 Å². The van der Waals surface area contributed by atoms with Gasteiger partial charge in [-0.1, -0.05) is 41.0 Å². The predicted octanol–water partition coefficient (Wildman–Crippen LogP) is 2.74. The van der Waals surface area contributed by atoms with E-state index in [2.05, 4.69) is 44.8 Å². The van der Waals surface area contributed by atoms with Crippen molar-refractivity contribution in [3.8, 4) is 0 Å². The standard InChI is InChI=1S/C16H36N2O/c1-6-8-16(5,13-17-12-15(3)4)14-18(9-7-2)10-11-19/h15,17,19H,6-14H2,1-5H3. The molecule has 0 aromatic rings. The summed E-state index contributed by atoms with van der Waals surface area (Å²) in [4.78, 5) is 2.41. The van der Waals surface area contributed by atoms with Crippen LogP contribution in [0.4, 0.5) is 0 Å². The molecule has 116 valence electrons. The number of nitrogens with zero attached hydrogens (tertiary/aromatic N) is 1. The number of aliphatic hydroxyl groups excluding tert-OH is 1. The molecule has 0 amide bonds. The topological polar surface area (TPSA) is 35.5 Å². The van der Waals surface area contributed by atoms with Crippen molar-refractivity contribution in [2.45, 2.75) is 53.9 Å². The molecule has 0 aliphatic heterocycles. The molecule has 0 heterocycles. The average molecular weight is 272 g/mol. The summed E-state index contributed by atoms with van der Waals surface area (Å²) in [7, 11) is 0. The Balaban J connectivity index is 4.38. The van der Waals surface area contributed by atoms with E-state index in [4.69, 9.17) is 0 Å². The van der Waals surface area contributed by atoms with Gasteiger partial charge in [0.25, 0.3) is 0 Å². The van der Waals surface area contributed by atoms with E-state index < -0.39 is 0 Å². The normalized spacial score (nSPS) is 15.2. The average Bonchev–Trinajstić information content (AvgIpc) is 2.29. The van der Waals surface area contributed by atoms with Crippen LogP contribution in [-0.2, 0) is 0 Å². The van der Waals surface area contributed by atoms with E-state index in [1.807, 2.05) is 0 Å². The molecule has 0 fully saturated rings. The molecule has 0 saturated carbocycles. The fraction of sp³-hybridized carbons (Fsp3) is 1.00. The highest BCUT2D eigenvalue weighted by molar-refractivity contribution is 4.81. The van der Waals surface area contributed by atoms with Crippen LogP contribution in [-0.4, -0.2) is 49.3 Å². The van der Waals surface area contributed by atoms with E-state index in [0.717, 1.165) is 39.1 Å². The van der Waals surface area contributed by atoms with Gasteiger partial charge < -0.3 is 15.3 Å². The molecule has 0 rings (SSSR count). The third-order valence-electron chi connectivity index (χ3n) is 3.52. The van der Waals surface area contributed by atoms with E-state index in [1.54, 1.807) is 0 Å². The fourth-order valence-electron chi connectivity index (χ4n) is 2.76. The molecule has 0 aromatic heterocycles. The number of rotatable bonds is 12. The van der Waals surface area contributed by atoms with Gasteiger partial charge in [0.1, 0.15) is 0 Å². The second-order valence-corrected chi connectivity index (χ2v) is 6.59. The Morgan fingerprint density at radius 2 is 1.84 bits per heavy atom. The smallest absolute Gasteiger partial charge is 0.0558 e. The van der Waals surface area contributed by atoms with Crippen LogP contribution in [0.25, 0.3) is 0 Å². The fourth-order valence-corrected chi connectivity index (χ4v) is 2.76. The van der Waals surface area contributed by atoms with Gasteiger partial charge >= 0.3 is 0 Å².